The van der Waals surface area contributed by atoms with Crippen LogP contribution in [-0.2, 0) is 9.59 Å². The molecule has 0 aliphatic heterocycles. The summed E-state index contributed by atoms with van der Waals surface area (Å²) in [5, 5.41) is 2.55. The highest BCUT2D eigenvalue weighted by atomic mass is 35.5. The second-order valence-corrected chi connectivity index (χ2v) is 5.49. The van der Waals surface area contributed by atoms with Crippen LogP contribution < -0.4 is 11.1 Å². The first-order valence-electron chi connectivity index (χ1n) is 6.63. The number of nitrogens with one attached hydrogen (secondary N) is 1. The van der Waals surface area contributed by atoms with Gasteiger partial charge in [0.2, 0.25) is 11.8 Å². The monoisotopic (exact) mass is 291 g/mol. The van der Waals surface area contributed by atoms with Gasteiger partial charge in [-0.3, -0.25) is 9.59 Å². The predicted octanol–water partition coefficient (Wildman–Crippen LogP) is 0.910. The molecular weight excluding hydrogens is 266 g/mol. The number of rotatable bonds is 4. The topological polar surface area (TPSA) is 75.4 Å². The minimum atomic E-state index is -0.406. The molecule has 0 spiro atoms. The van der Waals surface area contributed by atoms with Crippen molar-refractivity contribution in [3.05, 3.63) is 0 Å². The molecule has 1 rings (SSSR count). The summed E-state index contributed by atoms with van der Waals surface area (Å²) in [4.78, 5) is 25.1. The summed E-state index contributed by atoms with van der Waals surface area (Å²) in [6, 6.07) is 0. The number of nitrogens with two attached hydrogens (primary N) is 1. The fraction of sp³-hybridized carbons (Fsp3) is 0.846. The minimum Gasteiger partial charge on any atom is -0.359 e. The molecule has 5 nitrogen and oxygen atoms in total. The normalized spacial score (nSPS) is 26.2. The van der Waals surface area contributed by atoms with Gasteiger partial charge >= 0.3 is 0 Å². The first kappa shape index (κ1) is 18.2. The van der Waals surface area contributed by atoms with E-state index in [0.29, 0.717) is 13.0 Å². The van der Waals surface area contributed by atoms with Gasteiger partial charge in [0, 0.05) is 32.6 Å². The molecular formula is C13H26ClN3O2. The van der Waals surface area contributed by atoms with Crippen molar-refractivity contribution in [1.29, 1.82) is 0 Å². The predicted molar refractivity (Wildman–Crippen MR) is 78.1 cm³/mol. The van der Waals surface area contributed by atoms with Gasteiger partial charge in [0.05, 0.1) is 5.92 Å². The number of nitrogens with zero attached hydrogens (tertiary/aromatic N) is 1. The van der Waals surface area contributed by atoms with Crippen LogP contribution in [0.4, 0.5) is 0 Å². The Morgan fingerprint density at radius 1 is 1.42 bits per heavy atom. The molecule has 0 saturated heterocycles. The van der Waals surface area contributed by atoms with Crippen molar-refractivity contribution in [3.63, 3.8) is 0 Å². The van der Waals surface area contributed by atoms with Crippen molar-refractivity contribution in [2.45, 2.75) is 44.6 Å². The molecule has 2 atom stereocenters. The van der Waals surface area contributed by atoms with Crippen LogP contribution >= 0.6 is 12.4 Å². The van der Waals surface area contributed by atoms with Gasteiger partial charge in [-0.05, 0) is 19.8 Å². The average molecular weight is 292 g/mol. The van der Waals surface area contributed by atoms with Gasteiger partial charge in [-0.2, -0.15) is 0 Å². The molecule has 1 aliphatic rings. The molecule has 1 fully saturated rings. The summed E-state index contributed by atoms with van der Waals surface area (Å²) in [5.74, 6) is -0.0849. The van der Waals surface area contributed by atoms with E-state index in [0.717, 1.165) is 25.7 Å². The zero-order valence-electron chi connectivity index (χ0n) is 12.1. The van der Waals surface area contributed by atoms with Crippen molar-refractivity contribution in [2.24, 2.45) is 11.7 Å². The zero-order valence-corrected chi connectivity index (χ0v) is 12.9. The molecule has 0 heterocycles. The van der Waals surface area contributed by atoms with E-state index in [4.69, 9.17) is 5.73 Å². The molecule has 0 aromatic rings. The SMILES string of the molecule is CNC(=O)CCN(C)C(=O)C1CCCCC1(C)N.Cl. The Morgan fingerprint density at radius 2 is 2.05 bits per heavy atom. The van der Waals surface area contributed by atoms with Crippen LogP contribution in [0.1, 0.15) is 39.0 Å². The van der Waals surface area contributed by atoms with Crippen molar-refractivity contribution >= 4 is 24.2 Å². The number of carbonyl (C=O) groups excluding carboxylic acids is 2. The van der Waals surface area contributed by atoms with Gasteiger partial charge in [0.15, 0.2) is 0 Å². The molecule has 0 aromatic carbocycles. The molecule has 6 heteroatoms. The van der Waals surface area contributed by atoms with E-state index in [1.165, 1.54) is 0 Å². The van der Waals surface area contributed by atoms with Gasteiger partial charge < -0.3 is 16.0 Å². The van der Waals surface area contributed by atoms with Crippen molar-refractivity contribution in [1.82, 2.24) is 10.2 Å². The van der Waals surface area contributed by atoms with Crippen LogP contribution in [0.25, 0.3) is 0 Å². The first-order valence-corrected chi connectivity index (χ1v) is 6.63. The fourth-order valence-corrected chi connectivity index (χ4v) is 2.53. The third kappa shape index (κ3) is 4.99. The van der Waals surface area contributed by atoms with E-state index in [2.05, 4.69) is 5.32 Å². The third-order valence-electron chi connectivity index (χ3n) is 3.88. The molecule has 3 N–H and O–H groups in total. The maximum absolute atomic E-state index is 12.3. The Bertz CT molecular complexity index is 321. The van der Waals surface area contributed by atoms with Crippen LogP contribution in [0.2, 0.25) is 0 Å². The number of halogens is 1. The second-order valence-electron chi connectivity index (χ2n) is 5.49. The second kappa shape index (κ2) is 7.70. The van der Waals surface area contributed by atoms with Gasteiger partial charge in [0.1, 0.15) is 0 Å². The van der Waals surface area contributed by atoms with E-state index < -0.39 is 5.54 Å². The Kier molecular flexibility index (Phi) is 7.37. The summed E-state index contributed by atoms with van der Waals surface area (Å²) >= 11 is 0. The number of hydrogen-bond donors (Lipinski definition) is 2. The van der Waals surface area contributed by atoms with Crippen LogP contribution in [0.15, 0.2) is 0 Å². The lowest BCUT2D eigenvalue weighted by atomic mass is 9.74. The van der Waals surface area contributed by atoms with E-state index in [9.17, 15) is 9.59 Å². The highest BCUT2D eigenvalue weighted by Gasteiger charge is 2.38. The number of hydrogen-bond acceptors (Lipinski definition) is 3. The molecule has 1 aliphatic carbocycles. The Labute approximate surface area is 121 Å². The summed E-state index contributed by atoms with van der Waals surface area (Å²) in [6.45, 7) is 2.41. The van der Waals surface area contributed by atoms with E-state index in [-0.39, 0.29) is 30.1 Å². The Morgan fingerprint density at radius 3 is 2.58 bits per heavy atom. The van der Waals surface area contributed by atoms with Crippen LogP contribution in [0, 0.1) is 5.92 Å². The smallest absolute Gasteiger partial charge is 0.227 e. The number of amides is 2. The van der Waals surface area contributed by atoms with Crippen molar-refractivity contribution < 1.29 is 9.59 Å². The molecule has 0 radical (unpaired) electrons. The van der Waals surface area contributed by atoms with Gasteiger partial charge in [0.25, 0.3) is 0 Å². The molecule has 112 valence electrons. The minimum absolute atomic E-state index is 0. The molecule has 2 unspecified atom stereocenters. The van der Waals surface area contributed by atoms with E-state index >= 15 is 0 Å². The standard InChI is InChI=1S/C13H25N3O2.ClH/c1-13(14)8-5-4-6-10(13)12(18)16(3)9-7-11(17)15-2;/h10H,4-9,14H2,1-3H3,(H,15,17);1H. The lowest BCUT2D eigenvalue weighted by molar-refractivity contribution is -0.137. The third-order valence-corrected chi connectivity index (χ3v) is 3.88. The van der Waals surface area contributed by atoms with Crippen molar-refractivity contribution in [3.8, 4) is 0 Å². The maximum Gasteiger partial charge on any atom is 0.227 e. The molecule has 2 amide bonds. The summed E-state index contributed by atoms with van der Waals surface area (Å²) in [5.41, 5.74) is 5.81. The highest BCUT2D eigenvalue weighted by Crippen LogP contribution is 2.32. The molecule has 0 bridgehead atoms. The summed E-state index contributed by atoms with van der Waals surface area (Å²) in [7, 11) is 3.35. The molecule has 1 saturated carbocycles. The van der Waals surface area contributed by atoms with Gasteiger partial charge in [-0.1, -0.05) is 12.8 Å². The lowest BCUT2D eigenvalue weighted by Gasteiger charge is -2.39. The van der Waals surface area contributed by atoms with Crippen molar-refractivity contribution in [2.75, 3.05) is 20.6 Å². The maximum atomic E-state index is 12.3. The largest absolute Gasteiger partial charge is 0.359 e. The van der Waals surface area contributed by atoms with Gasteiger partial charge in [-0.15, -0.1) is 12.4 Å². The van der Waals surface area contributed by atoms with Crippen LogP contribution in [0.5, 0.6) is 0 Å². The first-order chi connectivity index (χ1) is 8.38. The molecule has 0 aromatic heterocycles. The van der Waals surface area contributed by atoms with Crippen LogP contribution in [-0.4, -0.2) is 42.9 Å². The summed E-state index contributed by atoms with van der Waals surface area (Å²) < 4.78 is 0. The average Bonchev–Trinajstić information content (AvgIpc) is 2.34. The summed E-state index contributed by atoms with van der Waals surface area (Å²) in [6.07, 6.45) is 4.25. The lowest BCUT2D eigenvalue weighted by Crippen LogP contribution is -2.53. The quantitative estimate of drug-likeness (QED) is 0.808. The van der Waals surface area contributed by atoms with Gasteiger partial charge in [-0.25, -0.2) is 0 Å². The zero-order chi connectivity index (χ0) is 13.8. The van der Waals surface area contributed by atoms with E-state index in [1.807, 2.05) is 6.92 Å². The van der Waals surface area contributed by atoms with Crippen LogP contribution in [0.3, 0.4) is 0 Å². The fourth-order valence-electron chi connectivity index (χ4n) is 2.53. The number of carbonyl (C=O) groups is 2. The Hall–Kier alpha value is -0.810. The van der Waals surface area contributed by atoms with E-state index in [1.54, 1.807) is 19.0 Å². The highest BCUT2D eigenvalue weighted by molar-refractivity contribution is 5.85. The molecule has 19 heavy (non-hydrogen) atoms. The Balaban J connectivity index is 0.00000324.